The van der Waals surface area contributed by atoms with Gasteiger partial charge in [-0.15, -0.1) is 69.1 Å². The Morgan fingerprint density at radius 3 is 1.26 bits per heavy atom. The Labute approximate surface area is 267 Å². The Morgan fingerprint density at radius 2 is 0.929 bits per heavy atom. The summed E-state index contributed by atoms with van der Waals surface area (Å²) in [4.78, 5) is 0. The summed E-state index contributed by atoms with van der Waals surface area (Å²) in [7, 11) is 12.6. The molecule has 0 amide bonds. The molecule has 0 fully saturated rings. The number of aryl methyl sites for hydroxylation is 2. The molecule has 6 aromatic rings. The SMILES string of the molecule is Cc1cc2c(C(C)C)cccc2[cH-]1.Cc1cc2c(C(C)C)cccc2[cH-]1.[Cl][Zr]([Cl])=[Si](c1ccccc1)c1ccccc1. The topological polar surface area (TPSA) is 0 Å². The van der Waals surface area contributed by atoms with Gasteiger partial charge in [0.2, 0.25) is 0 Å². The van der Waals surface area contributed by atoms with E-state index in [0.29, 0.717) is 11.8 Å². The van der Waals surface area contributed by atoms with Gasteiger partial charge in [-0.2, -0.15) is 12.1 Å². The predicted octanol–water partition coefficient (Wildman–Crippen LogP) is 10.7. The molecule has 6 rings (SSSR count). The molecule has 0 aliphatic heterocycles. The van der Waals surface area contributed by atoms with Crippen molar-refractivity contribution >= 4 is 54.4 Å². The molecule has 0 spiro atoms. The van der Waals surface area contributed by atoms with Crippen LogP contribution < -0.4 is 10.4 Å². The van der Waals surface area contributed by atoms with E-state index in [2.05, 4.69) is 151 Å². The molecule has 0 aliphatic rings. The fraction of sp³-hybridized carbons (Fsp3) is 0.211. The number of rotatable bonds is 4. The van der Waals surface area contributed by atoms with E-state index in [0.717, 1.165) is 0 Å². The molecule has 0 unspecified atom stereocenters. The summed E-state index contributed by atoms with van der Waals surface area (Å²) in [6.45, 7) is 13.3. The molecule has 0 heterocycles. The van der Waals surface area contributed by atoms with E-state index in [9.17, 15) is 0 Å². The number of fused-ring (bicyclic) bond motifs is 2. The van der Waals surface area contributed by atoms with Crippen molar-refractivity contribution in [1.29, 1.82) is 0 Å². The van der Waals surface area contributed by atoms with Crippen LogP contribution in [0.1, 0.15) is 61.8 Å². The van der Waals surface area contributed by atoms with Crippen molar-refractivity contribution in [2.45, 2.75) is 53.4 Å². The molecule has 4 heteroatoms. The second-order valence-corrected chi connectivity index (χ2v) is 30.6. The fourth-order valence-corrected chi connectivity index (χ4v) is 20.7. The van der Waals surface area contributed by atoms with E-state index in [1.54, 1.807) is 0 Å². The van der Waals surface area contributed by atoms with Crippen LogP contribution in [-0.2, 0) is 18.0 Å². The first-order valence-electron chi connectivity index (χ1n) is 14.6. The molecule has 0 aliphatic carbocycles. The van der Waals surface area contributed by atoms with Crippen LogP contribution in [0, 0.1) is 13.8 Å². The molecule has 0 saturated heterocycles. The Morgan fingerprint density at radius 1 is 0.548 bits per heavy atom. The van der Waals surface area contributed by atoms with Crippen LogP contribution in [-0.4, -0.2) is 5.43 Å². The van der Waals surface area contributed by atoms with Crippen LogP contribution in [0.15, 0.2) is 121 Å². The van der Waals surface area contributed by atoms with Gasteiger partial charge in [0.15, 0.2) is 0 Å². The van der Waals surface area contributed by atoms with Crippen LogP contribution in [0.4, 0.5) is 0 Å². The zero-order valence-corrected chi connectivity index (χ0v) is 30.4. The first kappa shape index (κ1) is 32.7. The van der Waals surface area contributed by atoms with Gasteiger partial charge in [-0.05, 0) is 11.8 Å². The molecule has 0 atom stereocenters. The van der Waals surface area contributed by atoms with Crippen molar-refractivity contribution in [2.24, 2.45) is 0 Å². The number of hydrogen-bond acceptors (Lipinski definition) is 0. The van der Waals surface area contributed by atoms with Crippen molar-refractivity contribution in [3.8, 4) is 0 Å². The zero-order valence-electron chi connectivity index (χ0n) is 25.5. The molecule has 6 aromatic carbocycles. The molecule has 0 radical (unpaired) electrons. The second kappa shape index (κ2) is 15.5. The third-order valence-electron chi connectivity index (χ3n) is 7.42. The number of hydrogen-bond donors (Lipinski definition) is 0. The fourth-order valence-electron chi connectivity index (χ4n) is 5.42. The van der Waals surface area contributed by atoms with E-state index in [1.807, 2.05) is 12.1 Å². The quantitative estimate of drug-likeness (QED) is 0.128. The number of benzene rings is 4. The number of halogens is 2. The van der Waals surface area contributed by atoms with Crippen LogP contribution in [0.3, 0.4) is 0 Å². The standard InChI is InChI=1S/2C13H15.C12H10Si.2ClH.Zr/c2*1-9(2)12-6-4-5-11-7-10(3)8-13(11)12;1-3-7-11(8-4-1)13-12-9-5-2-6-10-12;;;/h2*4-9H,1-3H3;1-10H;2*1H;/q2*-1;;;;+2/p-2. The monoisotopic (exact) mass is 684 g/mol. The first-order valence-corrected chi connectivity index (χ1v) is 26.2. The molecule has 216 valence electrons. The minimum atomic E-state index is -2.26. The van der Waals surface area contributed by atoms with Crippen molar-refractivity contribution in [3.63, 3.8) is 0 Å². The van der Waals surface area contributed by atoms with Crippen molar-refractivity contribution < 1.29 is 18.0 Å². The molecule has 42 heavy (non-hydrogen) atoms. The summed E-state index contributed by atoms with van der Waals surface area (Å²) in [6.07, 6.45) is 0. The average Bonchev–Trinajstić information content (AvgIpc) is 3.55. The normalized spacial score (nSPS) is 10.8. The maximum absolute atomic E-state index is 6.32. The van der Waals surface area contributed by atoms with Crippen LogP contribution in [0.25, 0.3) is 21.5 Å². The van der Waals surface area contributed by atoms with Gasteiger partial charge in [0.25, 0.3) is 0 Å². The van der Waals surface area contributed by atoms with Gasteiger partial charge in [0.05, 0.1) is 0 Å². The summed E-state index contributed by atoms with van der Waals surface area (Å²) >= 11 is -2.26. The Bertz CT molecular complexity index is 1630. The van der Waals surface area contributed by atoms with Gasteiger partial charge in [-0.3, -0.25) is 0 Å². The third-order valence-corrected chi connectivity index (χ3v) is 23.4. The van der Waals surface area contributed by atoms with E-state index in [4.69, 9.17) is 17.0 Å². The van der Waals surface area contributed by atoms with E-state index in [1.165, 1.54) is 54.2 Å². The average molecular weight is 687 g/mol. The Kier molecular flexibility index (Phi) is 12.1. The van der Waals surface area contributed by atoms with Crippen molar-refractivity contribution in [3.05, 3.63) is 144 Å². The molecule has 0 nitrogen and oxygen atoms in total. The second-order valence-electron chi connectivity index (χ2n) is 11.4. The third kappa shape index (κ3) is 8.45. The van der Waals surface area contributed by atoms with Gasteiger partial charge in [-0.1, -0.05) is 64.8 Å². The van der Waals surface area contributed by atoms with Crippen LogP contribution in [0.2, 0.25) is 0 Å². The summed E-state index contributed by atoms with van der Waals surface area (Å²) < 4.78 is 0. The molecule has 0 bridgehead atoms. The van der Waals surface area contributed by atoms with Gasteiger partial charge in [0.1, 0.15) is 0 Å². The zero-order chi connectivity index (χ0) is 30.2. The minimum absolute atomic E-state index is 0.616. The Balaban J connectivity index is 0.000000146. The molecule has 0 saturated carbocycles. The van der Waals surface area contributed by atoms with E-state index < -0.39 is 23.4 Å². The van der Waals surface area contributed by atoms with Crippen LogP contribution in [0.5, 0.6) is 0 Å². The Hall–Kier alpha value is -2.22. The first-order chi connectivity index (χ1) is 20.2. The van der Waals surface area contributed by atoms with Crippen molar-refractivity contribution in [1.82, 2.24) is 0 Å². The molecular weight excluding hydrogens is 647 g/mol. The van der Waals surface area contributed by atoms with Gasteiger partial charge >= 0.3 is 111 Å². The van der Waals surface area contributed by atoms with Crippen molar-refractivity contribution in [2.75, 3.05) is 0 Å². The molecule has 0 N–H and O–H groups in total. The van der Waals surface area contributed by atoms with Gasteiger partial charge in [0, 0.05) is 0 Å². The van der Waals surface area contributed by atoms with Crippen LogP contribution >= 0.6 is 17.0 Å². The van der Waals surface area contributed by atoms with Gasteiger partial charge < -0.3 is 0 Å². The van der Waals surface area contributed by atoms with E-state index in [-0.39, 0.29) is 0 Å². The summed E-state index contributed by atoms with van der Waals surface area (Å²) in [5.41, 5.74) is 4.77. The van der Waals surface area contributed by atoms with Gasteiger partial charge in [-0.25, -0.2) is 0 Å². The summed E-state index contributed by atoms with van der Waals surface area (Å²) in [5, 5.41) is 8.27. The maximum atomic E-state index is 6.32. The summed E-state index contributed by atoms with van der Waals surface area (Å²) in [6, 6.07) is 43.1. The predicted molar refractivity (Wildman–Crippen MR) is 186 cm³/mol. The summed E-state index contributed by atoms with van der Waals surface area (Å²) in [5.74, 6) is 1.23. The molecular formula is C38H40Cl2SiZr-2. The van der Waals surface area contributed by atoms with E-state index >= 15 is 0 Å². The molecule has 0 aromatic heterocycles.